The highest BCUT2D eigenvalue weighted by molar-refractivity contribution is 5.75. The number of hydrogen-bond acceptors (Lipinski definition) is 8. The molecule has 1 aromatic carbocycles. The Labute approximate surface area is 172 Å². The summed E-state index contributed by atoms with van der Waals surface area (Å²) >= 11 is 0. The van der Waals surface area contributed by atoms with Gasteiger partial charge in [-0.2, -0.15) is 5.26 Å². The second kappa shape index (κ2) is 7.67. The molecule has 1 aliphatic rings. The Morgan fingerprint density at radius 2 is 1.77 bits per heavy atom. The van der Waals surface area contributed by atoms with E-state index in [0.717, 1.165) is 11.1 Å². The number of nitrogens with zero attached hydrogens (tertiary/aromatic N) is 3. The number of benzene rings is 1. The molecule has 1 aliphatic heterocycles. The SMILES string of the molecule is COc1cc(-c2[nH]nc3c2C(c2ccncc2)C(C#N)=C(N)O3)cc(OC)c1OC. The van der Waals surface area contributed by atoms with Crippen LogP contribution in [0.15, 0.2) is 48.1 Å². The van der Waals surface area contributed by atoms with E-state index < -0.39 is 5.92 Å². The van der Waals surface area contributed by atoms with Crippen LogP contribution in [-0.2, 0) is 0 Å². The van der Waals surface area contributed by atoms with E-state index in [9.17, 15) is 5.26 Å². The number of methoxy groups -OCH3 is 3. The molecule has 30 heavy (non-hydrogen) atoms. The summed E-state index contributed by atoms with van der Waals surface area (Å²) in [6, 6.07) is 9.43. The average Bonchev–Trinajstić information content (AvgIpc) is 3.20. The van der Waals surface area contributed by atoms with Crippen molar-refractivity contribution in [2.45, 2.75) is 5.92 Å². The molecule has 0 bridgehead atoms. The van der Waals surface area contributed by atoms with Crippen molar-refractivity contribution in [2.75, 3.05) is 21.3 Å². The van der Waals surface area contributed by atoms with E-state index >= 15 is 0 Å². The monoisotopic (exact) mass is 405 g/mol. The molecule has 0 saturated carbocycles. The molecule has 3 heterocycles. The summed E-state index contributed by atoms with van der Waals surface area (Å²) in [5.74, 6) is 1.30. The van der Waals surface area contributed by atoms with E-state index in [-0.39, 0.29) is 5.88 Å². The molecule has 9 nitrogen and oxygen atoms in total. The zero-order valence-corrected chi connectivity index (χ0v) is 16.6. The highest BCUT2D eigenvalue weighted by Crippen LogP contribution is 2.48. The minimum Gasteiger partial charge on any atom is -0.493 e. The van der Waals surface area contributed by atoms with Gasteiger partial charge in [-0.25, -0.2) is 0 Å². The van der Waals surface area contributed by atoms with Crippen LogP contribution in [0.1, 0.15) is 17.0 Å². The lowest BCUT2D eigenvalue weighted by atomic mass is 9.83. The summed E-state index contributed by atoms with van der Waals surface area (Å²) < 4.78 is 22.0. The molecule has 0 spiro atoms. The largest absolute Gasteiger partial charge is 0.493 e. The average molecular weight is 405 g/mol. The first-order valence-corrected chi connectivity index (χ1v) is 8.99. The Kier molecular flexibility index (Phi) is 4.90. The van der Waals surface area contributed by atoms with E-state index in [1.807, 2.05) is 12.1 Å². The maximum Gasteiger partial charge on any atom is 0.244 e. The van der Waals surface area contributed by atoms with E-state index in [2.05, 4.69) is 21.3 Å². The second-order valence-corrected chi connectivity index (χ2v) is 6.44. The Morgan fingerprint density at radius 1 is 1.10 bits per heavy atom. The molecule has 1 atom stereocenters. The summed E-state index contributed by atoms with van der Waals surface area (Å²) in [6.45, 7) is 0. The molecule has 4 rings (SSSR count). The van der Waals surface area contributed by atoms with Gasteiger partial charge in [-0.15, -0.1) is 5.10 Å². The number of pyridine rings is 1. The van der Waals surface area contributed by atoms with E-state index in [4.69, 9.17) is 24.7 Å². The van der Waals surface area contributed by atoms with Crippen molar-refractivity contribution >= 4 is 0 Å². The molecule has 0 aliphatic carbocycles. The number of nitrogens with one attached hydrogen (secondary N) is 1. The number of rotatable bonds is 5. The van der Waals surface area contributed by atoms with Crippen LogP contribution in [0.2, 0.25) is 0 Å². The Bertz CT molecular complexity index is 1140. The zero-order valence-electron chi connectivity index (χ0n) is 16.6. The van der Waals surface area contributed by atoms with Crippen LogP contribution >= 0.6 is 0 Å². The van der Waals surface area contributed by atoms with Crippen LogP contribution in [0.4, 0.5) is 0 Å². The smallest absolute Gasteiger partial charge is 0.244 e. The van der Waals surface area contributed by atoms with Crippen LogP contribution in [-0.4, -0.2) is 36.5 Å². The summed E-state index contributed by atoms with van der Waals surface area (Å²) in [5.41, 5.74) is 9.20. The third-order valence-electron chi connectivity index (χ3n) is 4.93. The quantitative estimate of drug-likeness (QED) is 0.663. The fourth-order valence-electron chi connectivity index (χ4n) is 3.58. The summed E-state index contributed by atoms with van der Waals surface area (Å²) in [7, 11) is 4.63. The van der Waals surface area contributed by atoms with Crippen molar-refractivity contribution in [1.82, 2.24) is 15.2 Å². The van der Waals surface area contributed by atoms with Crippen molar-refractivity contribution in [3.63, 3.8) is 0 Å². The first-order valence-electron chi connectivity index (χ1n) is 8.99. The molecule has 3 N–H and O–H groups in total. The van der Waals surface area contributed by atoms with Crippen molar-refractivity contribution in [3.8, 4) is 40.5 Å². The number of nitrogens with two attached hydrogens (primary N) is 1. The maximum absolute atomic E-state index is 9.78. The van der Waals surface area contributed by atoms with Crippen LogP contribution < -0.4 is 24.7 Å². The molecule has 2 aromatic heterocycles. The first kappa shape index (κ1) is 19.1. The molecule has 0 radical (unpaired) electrons. The van der Waals surface area contributed by atoms with Gasteiger partial charge in [-0.3, -0.25) is 10.1 Å². The van der Waals surface area contributed by atoms with Crippen LogP contribution in [0.5, 0.6) is 23.1 Å². The number of aromatic amines is 1. The lowest BCUT2D eigenvalue weighted by Crippen LogP contribution is -2.21. The minimum absolute atomic E-state index is 0.0229. The van der Waals surface area contributed by atoms with Gasteiger partial charge in [0.15, 0.2) is 11.5 Å². The van der Waals surface area contributed by atoms with Crippen LogP contribution in [0.3, 0.4) is 0 Å². The van der Waals surface area contributed by atoms with Gasteiger partial charge >= 0.3 is 0 Å². The summed E-state index contributed by atoms with van der Waals surface area (Å²) in [5, 5.41) is 17.1. The lowest BCUT2D eigenvalue weighted by Gasteiger charge is -2.24. The third-order valence-corrected chi connectivity index (χ3v) is 4.93. The van der Waals surface area contributed by atoms with Gasteiger partial charge in [0.1, 0.15) is 11.6 Å². The number of H-pyrrole nitrogens is 1. The van der Waals surface area contributed by atoms with Crippen LogP contribution in [0, 0.1) is 11.3 Å². The van der Waals surface area contributed by atoms with Gasteiger partial charge in [0, 0.05) is 18.0 Å². The highest BCUT2D eigenvalue weighted by Gasteiger charge is 2.36. The number of ether oxygens (including phenoxy) is 4. The van der Waals surface area contributed by atoms with Gasteiger partial charge in [-0.1, -0.05) is 0 Å². The normalized spacial score (nSPS) is 15.1. The standard InChI is InChI=1S/C21H19N5O4/c1-27-14-8-12(9-15(28-2)19(14)29-3)18-17-16(11-4-6-24-7-5-11)13(10-22)20(23)30-21(17)26-25-18/h4-9,16H,23H2,1-3H3,(H,25,26). The molecule has 9 heteroatoms. The molecule has 0 saturated heterocycles. The number of hydrogen-bond donors (Lipinski definition) is 2. The third kappa shape index (κ3) is 2.95. The van der Waals surface area contributed by atoms with E-state index in [0.29, 0.717) is 40.0 Å². The molecule has 0 fully saturated rings. The van der Waals surface area contributed by atoms with Gasteiger partial charge in [0.25, 0.3) is 0 Å². The fraction of sp³-hybridized carbons (Fsp3) is 0.190. The van der Waals surface area contributed by atoms with Crippen LogP contribution in [0.25, 0.3) is 11.3 Å². The van der Waals surface area contributed by atoms with Gasteiger partial charge in [-0.05, 0) is 29.8 Å². The molecule has 152 valence electrons. The highest BCUT2D eigenvalue weighted by atomic mass is 16.5. The van der Waals surface area contributed by atoms with E-state index in [1.165, 1.54) is 7.11 Å². The summed E-state index contributed by atoms with van der Waals surface area (Å²) in [4.78, 5) is 4.07. The number of aromatic nitrogens is 3. The van der Waals surface area contributed by atoms with Gasteiger partial charge in [0.2, 0.25) is 17.5 Å². The fourth-order valence-corrected chi connectivity index (χ4v) is 3.58. The van der Waals surface area contributed by atoms with E-state index in [1.54, 1.807) is 38.7 Å². The number of allylic oxidation sites excluding steroid dienone is 1. The molecule has 1 unspecified atom stereocenters. The summed E-state index contributed by atoms with van der Waals surface area (Å²) in [6.07, 6.45) is 3.32. The topological polar surface area (TPSA) is 128 Å². The predicted molar refractivity (Wildman–Crippen MR) is 107 cm³/mol. The zero-order chi connectivity index (χ0) is 21.3. The Balaban J connectivity index is 1.95. The molecule has 3 aromatic rings. The van der Waals surface area contributed by atoms with Gasteiger partial charge in [0.05, 0.1) is 38.5 Å². The molecular weight excluding hydrogens is 386 g/mol. The minimum atomic E-state index is -0.477. The number of fused-ring (bicyclic) bond motifs is 1. The molecule has 0 amide bonds. The van der Waals surface area contributed by atoms with Crippen molar-refractivity contribution in [1.29, 1.82) is 5.26 Å². The predicted octanol–water partition coefficient (Wildman–Crippen LogP) is 2.72. The lowest BCUT2D eigenvalue weighted by molar-refractivity contribution is 0.324. The Morgan fingerprint density at radius 3 is 2.33 bits per heavy atom. The Hall–Kier alpha value is -4.19. The van der Waals surface area contributed by atoms with Crippen molar-refractivity contribution < 1.29 is 18.9 Å². The van der Waals surface area contributed by atoms with Gasteiger partial charge < -0.3 is 24.7 Å². The van der Waals surface area contributed by atoms with Crippen molar-refractivity contribution in [2.24, 2.45) is 5.73 Å². The number of nitriles is 1. The maximum atomic E-state index is 9.78. The second-order valence-electron chi connectivity index (χ2n) is 6.44. The molecular formula is C21H19N5O4. The van der Waals surface area contributed by atoms with Crippen molar-refractivity contribution in [3.05, 3.63) is 59.2 Å². The first-order chi connectivity index (χ1) is 14.6.